The summed E-state index contributed by atoms with van der Waals surface area (Å²) < 4.78 is 0. The Labute approximate surface area is 320 Å². The minimum Gasteiger partial charge on any atom is -0.361 e. The van der Waals surface area contributed by atoms with E-state index in [0.717, 1.165) is 35.7 Å². The number of piperidine rings is 2. The predicted octanol–water partition coefficient (Wildman–Crippen LogP) is 1.75. The molecule has 5 heterocycles. The van der Waals surface area contributed by atoms with Crippen molar-refractivity contribution in [2.45, 2.75) is 101 Å². The number of hydrogen-bond acceptors (Lipinski definition) is 8. The van der Waals surface area contributed by atoms with Crippen molar-refractivity contribution in [1.29, 1.82) is 0 Å². The number of H-pyrrole nitrogens is 2. The minimum absolute atomic E-state index is 0.0698. The summed E-state index contributed by atoms with van der Waals surface area (Å²) in [6.07, 6.45) is 12.3. The lowest BCUT2D eigenvalue weighted by Crippen LogP contribution is -2.68. The first-order valence-corrected chi connectivity index (χ1v) is 19.5. The quantitative estimate of drug-likeness (QED) is 0.0929. The largest absolute Gasteiger partial charge is 0.361 e. The van der Waals surface area contributed by atoms with Crippen molar-refractivity contribution in [3.63, 3.8) is 0 Å². The third-order valence-electron chi connectivity index (χ3n) is 11.5. The Morgan fingerprint density at radius 3 is 2.47 bits per heavy atom. The topological polar surface area (TPSA) is 207 Å². The average Bonchev–Trinajstić information content (AvgIpc) is 4.01. The summed E-state index contributed by atoms with van der Waals surface area (Å²) in [4.78, 5) is 98.4. The van der Waals surface area contributed by atoms with E-state index in [0.29, 0.717) is 57.3 Å². The maximum atomic E-state index is 14.6. The van der Waals surface area contributed by atoms with E-state index in [1.165, 1.54) is 16.1 Å². The van der Waals surface area contributed by atoms with Crippen LogP contribution in [0.15, 0.2) is 55.6 Å². The number of fused-ring (bicyclic) bond motifs is 1. The maximum absolute atomic E-state index is 14.6. The summed E-state index contributed by atoms with van der Waals surface area (Å²) >= 11 is 0. The fourth-order valence-corrected chi connectivity index (χ4v) is 8.28. The average molecular weight is 756 g/mol. The Balaban J connectivity index is 1.25. The monoisotopic (exact) mass is 755 g/mol. The molecule has 6 atom stereocenters. The maximum Gasteiger partial charge on any atom is 0.256 e. The molecular weight excluding hydrogens is 702 g/mol. The Hall–Kier alpha value is -5.31. The predicted molar refractivity (Wildman–Crippen MR) is 205 cm³/mol. The third kappa shape index (κ3) is 8.36. The van der Waals surface area contributed by atoms with E-state index < -0.39 is 53.3 Å². The summed E-state index contributed by atoms with van der Waals surface area (Å²) in [5, 5.41) is 6.68. The number of amides is 5. The molecule has 3 fully saturated rings. The number of carbonyl (C=O) groups excluding carboxylic acids is 6. The molecule has 0 bridgehead atoms. The molecule has 294 valence electrons. The molecule has 3 aromatic rings. The number of para-hydroxylation sites is 1. The second-order valence-electron chi connectivity index (χ2n) is 15.1. The van der Waals surface area contributed by atoms with Gasteiger partial charge >= 0.3 is 0 Å². The number of aromatic nitrogens is 3. The summed E-state index contributed by atoms with van der Waals surface area (Å²) in [6.45, 7) is 7.18. The summed E-state index contributed by atoms with van der Waals surface area (Å²) in [5.41, 5.74) is 6.93. The van der Waals surface area contributed by atoms with E-state index in [2.05, 4.69) is 32.2 Å². The zero-order valence-corrected chi connectivity index (χ0v) is 31.5. The Morgan fingerprint density at radius 1 is 0.982 bits per heavy atom. The molecule has 15 nitrogen and oxygen atoms in total. The van der Waals surface area contributed by atoms with E-state index in [1.54, 1.807) is 30.3 Å². The minimum atomic E-state index is -1.68. The van der Waals surface area contributed by atoms with Crippen LogP contribution in [0.5, 0.6) is 0 Å². The number of benzene rings is 1. The van der Waals surface area contributed by atoms with Crippen LogP contribution in [0.1, 0.15) is 69.5 Å². The van der Waals surface area contributed by atoms with Crippen LogP contribution >= 0.6 is 0 Å². The smallest absolute Gasteiger partial charge is 0.256 e. The van der Waals surface area contributed by atoms with Crippen LogP contribution in [-0.4, -0.2) is 121 Å². The van der Waals surface area contributed by atoms with E-state index in [4.69, 9.17) is 5.73 Å². The van der Waals surface area contributed by atoms with Gasteiger partial charge in [-0.2, -0.15) is 0 Å². The first kappa shape index (κ1) is 39.4. The fourth-order valence-electron chi connectivity index (χ4n) is 8.28. The van der Waals surface area contributed by atoms with Gasteiger partial charge in [0.2, 0.25) is 23.6 Å². The highest BCUT2D eigenvalue weighted by Gasteiger charge is 2.52. The highest BCUT2D eigenvalue weighted by atomic mass is 16.2. The van der Waals surface area contributed by atoms with E-state index in [1.807, 2.05) is 24.3 Å². The molecule has 6 rings (SSSR count). The van der Waals surface area contributed by atoms with E-state index in [-0.39, 0.29) is 37.6 Å². The molecule has 55 heavy (non-hydrogen) atoms. The molecule has 0 radical (unpaired) electrons. The SMILES string of the molecule is C=C[C@H](C)[C@H](NC(=O)[C@@H](Cc1c[nH]c2ccccc12)NC(=O)[C@@H]1CCCN1C(=O)[C@H](N)Cc1cnc[nH]1)C(=O)N1CCCC[C@]1(C=O)C(=O)N1CCCCC1. The van der Waals surface area contributed by atoms with Gasteiger partial charge in [0.15, 0.2) is 11.8 Å². The Kier molecular flexibility index (Phi) is 12.5. The second kappa shape index (κ2) is 17.4. The van der Waals surface area contributed by atoms with Gasteiger partial charge in [0.25, 0.3) is 5.91 Å². The highest BCUT2D eigenvalue weighted by Crippen LogP contribution is 2.32. The van der Waals surface area contributed by atoms with Gasteiger partial charge in [0.1, 0.15) is 18.1 Å². The number of aromatic amines is 2. The summed E-state index contributed by atoms with van der Waals surface area (Å²) in [6, 6.07) is 3.48. The molecular formula is C40H53N9O6. The van der Waals surface area contributed by atoms with Crippen molar-refractivity contribution in [3.05, 3.63) is 66.9 Å². The number of hydrogen-bond donors (Lipinski definition) is 5. The van der Waals surface area contributed by atoms with E-state index in [9.17, 15) is 28.8 Å². The first-order valence-electron chi connectivity index (χ1n) is 19.5. The van der Waals surface area contributed by atoms with Gasteiger partial charge in [0, 0.05) is 73.9 Å². The van der Waals surface area contributed by atoms with Gasteiger partial charge in [-0.15, -0.1) is 6.58 Å². The van der Waals surface area contributed by atoms with Crippen LogP contribution in [0.2, 0.25) is 0 Å². The molecule has 6 N–H and O–H groups in total. The van der Waals surface area contributed by atoms with Crippen LogP contribution in [-0.2, 0) is 41.6 Å². The molecule has 0 aliphatic carbocycles. The standard InChI is InChI=1S/C40H53N9O6/c1-3-26(2)34(38(54)49-19-10-7-15-40(49,24-50)39(55)47-16-8-4-9-17-47)46-35(51)32(20-27-22-43-31-13-6-5-12-29(27)31)45-36(52)33-14-11-18-48(33)37(53)30(41)21-28-23-42-25-44-28/h3,5-6,12-13,22-26,30,32-34,43H,1,4,7-11,14-21,41H2,2H3,(H,42,44)(H,45,52)(H,46,51)/t26-,30+,32+,33-,34-,40-/m0/s1. The van der Waals surface area contributed by atoms with Crippen molar-refractivity contribution in [2.24, 2.45) is 11.7 Å². The van der Waals surface area contributed by atoms with Gasteiger partial charge in [-0.25, -0.2) is 4.98 Å². The van der Waals surface area contributed by atoms with Crippen molar-refractivity contribution in [3.8, 4) is 0 Å². The molecule has 1 aromatic carbocycles. The number of carbonyl (C=O) groups is 6. The lowest BCUT2D eigenvalue weighted by atomic mass is 9.84. The normalized spacial score (nSPS) is 22.4. The van der Waals surface area contributed by atoms with Crippen molar-refractivity contribution >= 4 is 46.7 Å². The van der Waals surface area contributed by atoms with Gasteiger partial charge in [-0.1, -0.05) is 31.2 Å². The number of nitrogens with one attached hydrogen (secondary N) is 4. The molecule has 15 heteroatoms. The molecule has 2 aromatic heterocycles. The molecule has 0 saturated carbocycles. The highest BCUT2D eigenvalue weighted by molar-refractivity contribution is 6.06. The van der Waals surface area contributed by atoms with Crippen molar-refractivity contribution in [1.82, 2.24) is 40.3 Å². The van der Waals surface area contributed by atoms with Crippen molar-refractivity contribution in [2.75, 3.05) is 26.2 Å². The van der Waals surface area contributed by atoms with Crippen molar-refractivity contribution < 1.29 is 28.8 Å². The van der Waals surface area contributed by atoms with Crippen LogP contribution in [0.3, 0.4) is 0 Å². The van der Waals surface area contributed by atoms with Gasteiger partial charge in [0.05, 0.1) is 12.4 Å². The zero-order chi connectivity index (χ0) is 39.1. The van der Waals surface area contributed by atoms with Gasteiger partial charge in [-0.05, 0) is 63.0 Å². The molecule has 3 aliphatic rings. The van der Waals surface area contributed by atoms with Gasteiger partial charge < -0.3 is 45.8 Å². The molecule has 3 saturated heterocycles. The van der Waals surface area contributed by atoms with Crippen LogP contribution < -0.4 is 16.4 Å². The lowest BCUT2D eigenvalue weighted by Gasteiger charge is -2.46. The zero-order valence-electron chi connectivity index (χ0n) is 31.5. The number of nitrogens with two attached hydrogens (primary N) is 1. The fraction of sp³-hybridized carbons (Fsp3) is 0.525. The number of nitrogens with zero attached hydrogens (tertiary/aromatic N) is 4. The van der Waals surface area contributed by atoms with Crippen LogP contribution in [0, 0.1) is 5.92 Å². The summed E-state index contributed by atoms with van der Waals surface area (Å²) in [7, 11) is 0. The second-order valence-corrected chi connectivity index (χ2v) is 15.1. The molecule has 5 amide bonds. The summed E-state index contributed by atoms with van der Waals surface area (Å²) in [5.74, 6) is -3.06. The number of imidazole rings is 1. The molecule has 3 aliphatic heterocycles. The van der Waals surface area contributed by atoms with E-state index >= 15 is 0 Å². The number of rotatable bonds is 14. The first-order chi connectivity index (χ1) is 26.6. The van der Waals surface area contributed by atoms with Gasteiger partial charge in [-0.3, -0.25) is 24.0 Å². The number of likely N-dealkylation sites (tertiary alicyclic amines) is 3. The lowest BCUT2D eigenvalue weighted by molar-refractivity contribution is -0.162. The van der Waals surface area contributed by atoms with Crippen LogP contribution in [0.25, 0.3) is 10.9 Å². The number of aldehydes is 1. The Morgan fingerprint density at radius 2 is 1.75 bits per heavy atom. The van der Waals surface area contributed by atoms with Crippen LogP contribution in [0.4, 0.5) is 0 Å². The molecule has 0 unspecified atom stereocenters. The molecule has 0 spiro atoms. The third-order valence-corrected chi connectivity index (χ3v) is 11.5. The Bertz CT molecular complexity index is 1870.